The average Bonchev–Trinajstić information content (AvgIpc) is 2.85. The molecule has 7 nitrogen and oxygen atoms in total. The number of benzene rings is 1. The minimum absolute atomic E-state index is 0.0986. The predicted molar refractivity (Wildman–Crippen MR) is 93.0 cm³/mol. The van der Waals surface area contributed by atoms with E-state index in [9.17, 15) is 9.59 Å². The molecule has 0 fully saturated rings. The van der Waals surface area contributed by atoms with E-state index in [0.29, 0.717) is 10.3 Å². The Balaban J connectivity index is 1.65. The van der Waals surface area contributed by atoms with Gasteiger partial charge in [0.15, 0.2) is 10.3 Å². The highest BCUT2D eigenvalue weighted by atomic mass is 32.2. The molecule has 1 aromatic carbocycles. The summed E-state index contributed by atoms with van der Waals surface area (Å²) in [5, 5.41) is 3.60. The normalized spacial score (nSPS) is 10.8. The summed E-state index contributed by atoms with van der Waals surface area (Å²) in [5.74, 6) is -0.00417. The van der Waals surface area contributed by atoms with Crippen molar-refractivity contribution in [2.24, 2.45) is 0 Å². The molecule has 0 aliphatic carbocycles. The molecule has 2 aromatic heterocycles. The number of aryl methyl sites for hydroxylation is 1. The van der Waals surface area contributed by atoms with Crippen molar-refractivity contribution >= 4 is 50.2 Å². The summed E-state index contributed by atoms with van der Waals surface area (Å²) in [4.78, 5) is 34.1. The first kappa shape index (κ1) is 15.5. The number of hydrogen-bond donors (Lipinski definition) is 3. The van der Waals surface area contributed by atoms with Crippen LogP contribution in [0.25, 0.3) is 10.2 Å². The van der Waals surface area contributed by atoms with E-state index in [2.05, 4.69) is 20.3 Å². The van der Waals surface area contributed by atoms with Crippen molar-refractivity contribution in [1.29, 1.82) is 0 Å². The van der Waals surface area contributed by atoms with Crippen LogP contribution in [0.4, 0.5) is 10.9 Å². The Hall–Kier alpha value is -2.39. The first-order valence-corrected chi connectivity index (χ1v) is 8.46. The van der Waals surface area contributed by atoms with Crippen LogP contribution >= 0.6 is 23.1 Å². The molecule has 0 unspecified atom stereocenters. The van der Waals surface area contributed by atoms with E-state index in [1.54, 1.807) is 0 Å². The van der Waals surface area contributed by atoms with E-state index in [1.807, 2.05) is 25.1 Å². The molecule has 4 N–H and O–H groups in total. The topological polar surface area (TPSA) is 114 Å². The van der Waals surface area contributed by atoms with Gasteiger partial charge in [-0.3, -0.25) is 9.59 Å². The number of thioether (sulfide) groups is 1. The second-order valence-corrected chi connectivity index (χ2v) is 6.80. The molecule has 0 bridgehead atoms. The molecule has 0 aliphatic heterocycles. The molecule has 9 heteroatoms. The molecule has 23 heavy (non-hydrogen) atoms. The number of rotatable bonds is 4. The number of nitrogens with one attached hydrogen (secondary N) is 2. The monoisotopic (exact) mass is 347 g/mol. The third-order valence-corrected chi connectivity index (χ3v) is 4.68. The molecule has 3 aromatic rings. The molecule has 1 amide bonds. The van der Waals surface area contributed by atoms with Crippen LogP contribution in [-0.4, -0.2) is 26.6 Å². The Morgan fingerprint density at radius 2 is 2.22 bits per heavy atom. The van der Waals surface area contributed by atoms with E-state index in [0.717, 1.165) is 27.5 Å². The smallest absolute Gasteiger partial charge is 0.253 e. The standard InChI is InChI=1S/C14H13N5O2S2/c1-7-2-3-8-9(4-7)23-14(16-8)19-12(21)6-22-13-17-10(15)5-11(20)18-13/h2-5H,6H2,1H3,(H,16,19,21)(H3,15,17,18,20). The number of nitrogen functional groups attached to an aromatic ring is 1. The van der Waals surface area contributed by atoms with E-state index in [4.69, 9.17) is 5.73 Å². The molecule has 0 aliphatic rings. The van der Waals surface area contributed by atoms with Crippen molar-refractivity contribution < 1.29 is 4.79 Å². The molecule has 118 valence electrons. The van der Waals surface area contributed by atoms with Gasteiger partial charge in [-0.1, -0.05) is 29.2 Å². The summed E-state index contributed by atoms with van der Waals surface area (Å²) in [6.07, 6.45) is 0. The van der Waals surface area contributed by atoms with Crippen LogP contribution in [0.2, 0.25) is 0 Å². The maximum absolute atomic E-state index is 12.0. The minimum atomic E-state index is -0.345. The number of carbonyl (C=O) groups is 1. The van der Waals surface area contributed by atoms with Crippen molar-refractivity contribution in [3.63, 3.8) is 0 Å². The maximum Gasteiger partial charge on any atom is 0.253 e. The van der Waals surface area contributed by atoms with Crippen molar-refractivity contribution in [3.05, 3.63) is 40.2 Å². The van der Waals surface area contributed by atoms with Gasteiger partial charge in [-0.2, -0.15) is 0 Å². The van der Waals surface area contributed by atoms with Gasteiger partial charge < -0.3 is 16.0 Å². The van der Waals surface area contributed by atoms with Gasteiger partial charge in [-0.25, -0.2) is 9.97 Å². The molecule has 0 atom stereocenters. The average molecular weight is 347 g/mol. The fraction of sp³-hybridized carbons (Fsp3) is 0.143. The van der Waals surface area contributed by atoms with Crippen molar-refractivity contribution in [2.75, 3.05) is 16.8 Å². The second kappa shape index (κ2) is 6.39. The number of carbonyl (C=O) groups excluding carboxylic acids is 1. The number of hydrogen-bond acceptors (Lipinski definition) is 7. The molecule has 0 radical (unpaired) electrons. The summed E-state index contributed by atoms with van der Waals surface area (Å²) in [7, 11) is 0. The quantitative estimate of drug-likeness (QED) is 0.491. The zero-order valence-corrected chi connectivity index (χ0v) is 13.8. The lowest BCUT2D eigenvalue weighted by Crippen LogP contribution is -2.15. The number of fused-ring (bicyclic) bond motifs is 1. The zero-order valence-electron chi connectivity index (χ0n) is 12.1. The number of nitrogens with zero attached hydrogens (tertiary/aromatic N) is 2. The van der Waals surface area contributed by atoms with Crippen LogP contribution < -0.4 is 16.6 Å². The molecule has 0 saturated carbocycles. The molecule has 3 rings (SSSR count). The highest BCUT2D eigenvalue weighted by Crippen LogP contribution is 2.26. The number of aromatic amines is 1. The number of aromatic nitrogens is 3. The molecule has 0 saturated heterocycles. The third kappa shape index (κ3) is 3.88. The van der Waals surface area contributed by atoms with Gasteiger partial charge in [-0.05, 0) is 24.6 Å². The molecular formula is C14H13N5O2S2. The Morgan fingerprint density at radius 1 is 1.39 bits per heavy atom. The number of thiazole rings is 1. The Kier molecular flexibility index (Phi) is 4.30. The lowest BCUT2D eigenvalue weighted by Gasteiger charge is -2.01. The summed E-state index contributed by atoms with van der Waals surface area (Å²) in [6.45, 7) is 2.01. The first-order chi connectivity index (χ1) is 11.0. The second-order valence-electron chi connectivity index (χ2n) is 4.80. The Morgan fingerprint density at radius 3 is 3.00 bits per heavy atom. The van der Waals surface area contributed by atoms with Crippen LogP contribution in [0.5, 0.6) is 0 Å². The summed E-state index contributed by atoms with van der Waals surface area (Å²) < 4.78 is 1.02. The Labute approximate surface area is 139 Å². The van der Waals surface area contributed by atoms with Crippen LogP contribution in [-0.2, 0) is 4.79 Å². The Bertz CT molecular complexity index is 934. The van der Waals surface area contributed by atoms with Gasteiger partial charge in [0.2, 0.25) is 5.91 Å². The van der Waals surface area contributed by atoms with Crippen molar-refractivity contribution in [3.8, 4) is 0 Å². The van der Waals surface area contributed by atoms with Crippen LogP contribution in [0.1, 0.15) is 5.56 Å². The predicted octanol–water partition coefficient (Wildman–Crippen LogP) is 2.00. The van der Waals surface area contributed by atoms with E-state index in [-0.39, 0.29) is 23.0 Å². The van der Waals surface area contributed by atoms with Crippen LogP contribution in [0.3, 0.4) is 0 Å². The maximum atomic E-state index is 12.0. The fourth-order valence-corrected chi connectivity index (χ4v) is 3.56. The highest BCUT2D eigenvalue weighted by Gasteiger charge is 2.09. The highest BCUT2D eigenvalue weighted by molar-refractivity contribution is 7.99. The number of anilines is 2. The SMILES string of the molecule is Cc1ccc2nc(NC(=O)CSc3nc(N)cc(=O)[nH]3)sc2c1. The van der Waals surface area contributed by atoms with E-state index >= 15 is 0 Å². The van der Waals surface area contributed by atoms with Crippen molar-refractivity contribution in [2.45, 2.75) is 12.1 Å². The van der Waals surface area contributed by atoms with Gasteiger partial charge in [0, 0.05) is 6.07 Å². The minimum Gasteiger partial charge on any atom is -0.383 e. The summed E-state index contributed by atoms with van der Waals surface area (Å²) in [6, 6.07) is 7.12. The van der Waals surface area contributed by atoms with Gasteiger partial charge in [0.1, 0.15) is 5.82 Å². The molecule has 0 spiro atoms. The van der Waals surface area contributed by atoms with Gasteiger partial charge in [-0.15, -0.1) is 0 Å². The van der Waals surface area contributed by atoms with Crippen LogP contribution in [0, 0.1) is 6.92 Å². The van der Waals surface area contributed by atoms with Crippen molar-refractivity contribution in [1.82, 2.24) is 15.0 Å². The third-order valence-electron chi connectivity index (χ3n) is 2.87. The van der Waals surface area contributed by atoms with Gasteiger partial charge in [0.05, 0.1) is 16.0 Å². The summed E-state index contributed by atoms with van der Waals surface area (Å²) >= 11 is 2.52. The lowest BCUT2D eigenvalue weighted by molar-refractivity contribution is -0.113. The van der Waals surface area contributed by atoms with Crippen LogP contribution in [0.15, 0.2) is 34.2 Å². The van der Waals surface area contributed by atoms with Gasteiger partial charge in [0.25, 0.3) is 5.56 Å². The molecular weight excluding hydrogens is 334 g/mol. The van der Waals surface area contributed by atoms with Gasteiger partial charge >= 0.3 is 0 Å². The first-order valence-electron chi connectivity index (χ1n) is 6.66. The van der Waals surface area contributed by atoms with E-state index in [1.165, 1.54) is 17.4 Å². The van der Waals surface area contributed by atoms with E-state index < -0.39 is 0 Å². The number of amides is 1. The summed E-state index contributed by atoms with van der Waals surface area (Å²) in [5.41, 5.74) is 7.14. The zero-order chi connectivity index (χ0) is 16.4. The lowest BCUT2D eigenvalue weighted by atomic mass is 10.2. The largest absolute Gasteiger partial charge is 0.383 e. The number of nitrogens with two attached hydrogens (primary N) is 1. The fourth-order valence-electron chi connectivity index (χ4n) is 1.90. The molecule has 2 heterocycles. The number of H-pyrrole nitrogens is 1.